The van der Waals surface area contributed by atoms with Crippen molar-refractivity contribution in [2.75, 3.05) is 0 Å². The number of rotatable bonds is 3. The molecule has 1 heterocycles. The fraction of sp³-hybridized carbons (Fsp3) is 0.929. The summed E-state index contributed by atoms with van der Waals surface area (Å²) in [6, 6.07) is 0. The Balaban J connectivity index is 2.86. The second kappa shape index (κ2) is 5.85. The van der Waals surface area contributed by atoms with Crippen LogP contribution in [-0.4, -0.2) is 24.3 Å². The predicted molar refractivity (Wildman–Crippen MR) is 67.7 cm³/mol. The number of carbonyl (C=O) groups is 1. The molecule has 100 valence electrons. The van der Waals surface area contributed by atoms with Gasteiger partial charge in [0.25, 0.3) is 0 Å². The third-order valence-corrected chi connectivity index (χ3v) is 3.95. The molecule has 0 aromatic carbocycles. The first-order valence-corrected chi connectivity index (χ1v) is 6.71. The maximum Gasteiger partial charge on any atom is 0.303 e. The van der Waals surface area contributed by atoms with Crippen molar-refractivity contribution in [2.45, 2.75) is 66.3 Å². The van der Waals surface area contributed by atoms with E-state index in [1.165, 1.54) is 6.92 Å². The first-order valence-electron chi connectivity index (χ1n) is 6.71. The molecule has 1 rings (SSSR count). The number of hydrogen-bond acceptors (Lipinski definition) is 3. The first-order chi connectivity index (χ1) is 7.88. The Morgan fingerprint density at radius 2 is 1.88 bits per heavy atom. The predicted octanol–water partition coefficient (Wildman–Crippen LogP) is 3.02. The van der Waals surface area contributed by atoms with Gasteiger partial charge in [0.1, 0.15) is 6.10 Å². The third kappa shape index (κ3) is 3.21. The van der Waals surface area contributed by atoms with Crippen molar-refractivity contribution >= 4 is 5.97 Å². The van der Waals surface area contributed by atoms with Crippen LogP contribution >= 0.6 is 0 Å². The molecule has 0 spiro atoms. The van der Waals surface area contributed by atoms with Gasteiger partial charge in [-0.2, -0.15) is 0 Å². The van der Waals surface area contributed by atoms with Crippen molar-refractivity contribution in [1.82, 2.24) is 0 Å². The van der Waals surface area contributed by atoms with E-state index in [4.69, 9.17) is 9.47 Å². The molecule has 1 fully saturated rings. The van der Waals surface area contributed by atoms with Crippen molar-refractivity contribution in [1.29, 1.82) is 0 Å². The molecule has 1 aliphatic heterocycles. The Hall–Kier alpha value is -0.570. The molecule has 1 saturated heterocycles. The van der Waals surface area contributed by atoms with Crippen LogP contribution in [0.4, 0.5) is 0 Å². The molecule has 1 aliphatic rings. The standard InChI is InChI=1S/C14H26O3/c1-7-12-9(4)10(5)14(16-11(6)15)13(17-12)8(2)3/h8-10,12-14H,7H2,1-6H3/t9-,10-,12?,13+,14?/m0/s1. The summed E-state index contributed by atoms with van der Waals surface area (Å²) >= 11 is 0. The van der Waals surface area contributed by atoms with E-state index in [-0.39, 0.29) is 24.3 Å². The van der Waals surface area contributed by atoms with Crippen LogP contribution in [0, 0.1) is 17.8 Å². The summed E-state index contributed by atoms with van der Waals surface area (Å²) in [6.45, 7) is 12.2. The fourth-order valence-electron chi connectivity index (χ4n) is 2.71. The number of carbonyl (C=O) groups excluding carboxylic acids is 1. The molecular formula is C14H26O3. The van der Waals surface area contributed by atoms with Crippen LogP contribution in [-0.2, 0) is 14.3 Å². The van der Waals surface area contributed by atoms with Crippen molar-refractivity contribution in [3.63, 3.8) is 0 Å². The van der Waals surface area contributed by atoms with Crippen molar-refractivity contribution < 1.29 is 14.3 Å². The maximum atomic E-state index is 11.2. The quantitative estimate of drug-likeness (QED) is 0.714. The molecular weight excluding hydrogens is 216 g/mol. The summed E-state index contributed by atoms with van der Waals surface area (Å²) in [5, 5.41) is 0. The minimum atomic E-state index is -0.210. The number of esters is 1. The van der Waals surface area contributed by atoms with Crippen LogP contribution in [0.1, 0.15) is 48.0 Å². The first kappa shape index (κ1) is 14.5. The van der Waals surface area contributed by atoms with E-state index in [1.54, 1.807) is 0 Å². The topological polar surface area (TPSA) is 35.5 Å². The molecule has 0 amide bonds. The molecule has 5 atom stereocenters. The molecule has 0 N–H and O–H groups in total. The van der Waals surface area contributed by atoms with Gasteiger partial charge in [-0.1, -0.05) is 34.6 Å². The largest absolute Gasteiger partial charge is 0.459 e. The van der Waals surface area contributed by atoms with Crippen LogP contribution in [0.2, 0.25) is 0 Å². The van der Waals surface area contributed by atoms with Crippen molar-refractivity contribution in [2.24, 2.45) is 17.8 Å². The zero-order valence-corrected chi connectivity index (χ0v) is 11.9. The van der Waals surface area contributed by atoms with Gasteiger partial charge in [-0.25, -0.2) is 0 Å². The Morgan fingerprint density at radius 3 is 2.29 bits per heavy atom. The monoisotopic (exact) mass is 242 g/mol. The summed E-state index contributed by atoms with van der Waals surface area (Å²) in [6.07, 6.45) is 1.21. The lowest BCUT2D eigenvalue weighted by Crippen LogP contribution is -2.52. The summed E-state index contributed by atoms with van der Waals surface area (Å²) < 4.78 is 11.6. The number of ether oxygens (including phenoxy) is 2. The van der Waals surface area contributed by atoms with E-state index < -0.39 is 0 Å². The van der Waals surface area contributed by atoms with E-state index in [1.807, 2.05) is 0 Å². The summed E-state index contributed by atoms with van der Waals surface area (Å²) in [5.74, 6) is 0.936. The van der Waals surface area contributed by atoms with E-state index in [0.29, 0.717) is 17.8 Å². The van der Waals surface area contributed by atoms with E-state index in [9.17, 15) is 4.79 Å². The average Bonchev–Trinajstić information content (AvgIpc) is 2.24. The average molecular weight is 242 g/mol. The van der Waals surface area contributed by atoms with E-state index >= 15 is 0 Å². The molecule has 0 saturated carbocycles. The molecule has 3 nitrogen and oxygen atoms in total. The van der Waals surface area contributed by atoms with E-state index in [0.717, 1.165) is 6.42 Å². The molecule has 0 bridgehead atoms. The van der Waals surface area contributed by atoms with Crippen molar-refractivity contribution in [3.8, 4) is 0 Å². The lowest BCUT2D eigenvalue weighted by Gasteiger charge is -2.45. The Bertz CT molecular complexity index is 262. The third-order valence-electron chi connectivity index (χ3n) is 3.95. The summed E-state index contributed by atoms with van der Waals surface area (Å²) in [4.78, 5) is 11.2. The maximum absolute atomic E-state index is 11.2. The second-order valence-corrected chi connectivity index (χ2v) is 5.58. The molecule has 17 heavy (non-hydrogen) atoms. The summed E-state index contributed by atoms with van der Waals surface area (Å²) in [5.41, 5.74) is 0. The zero-order valence-electron chi connectivity index (χ0n) is 11.9. The minimum Gasteiger partial charge on any atom is -0.459 e. The van der Waals surface area contributed by atoms with Gasteiger partial charge in [-0.05, 0) is 18.3 Å². The fourth-order valence-corrected chi connectivity index (χ4v) is 2.71. The Morgan fingerprint density at radius 1 is 1.29 bits per heavy atom. The summed E-state index contributed by atoms with van der Waals surface area (Å²) in [7, 11) is 0. The van der Waals surface area contributed by atoms with Crippen LogP contribution in [0.3, 0.4) is 0 Å². The minimum absolute atomic E-state index is 0.0232. The normalized spacial score (nSPS) is 38.2. The highest BCUT2D eigenvalue weighted by Gasteiger charge is 2.43. The lowest BCUT2D eigenvalue weighted by molar-refractivity contribution is -0.203. The molecule has 3 heteroatoms. The van der Waals surface area contributed by atoms with Gasteiger partial charge in [-0.15, -0.1) is 0 Å². The Kier molecular flexibility index (Phi) is 4.99. The van der Waals surface area contributed by atoms with Crippen LogP contribution in [0.15, 0.2) is 0 Å². The highest BCUT2D eigenvalue weighted by Crippen LogP contribution is 2.36. The van der Waals surface area contributed by atoms with Crippen LogP contribution in [0.25, 0.3) is 0 Å². The van der Waals surface area contributed by atoms with Gasteiger partial charge in [0.15, 0.2) is 0 Å². The van der Waals surface area contributed by atoms with Gasteiger partial charge < -0.3 is 9.47 Å². The van der Waals surface area contributed by atoms with Crippen LogP contribution in [0.5, 0.6) is 0 Å². The molecule has 0 radical (unpaired) electrons. The zero-order chi connectivity index (χ0) is 13.2. The van der Waals surface area contributed by atoms with Crippen LogP contribution < -0.4 is 0 Å². The SMILES string of the molecule is CCC1O[C@H](C(C)C)C(OC(C)=O)[C@@H](C)[C@@H]1C. The van der Waals surface area contributed by atoms with Gasteiger partial charge in [0.2, 0.25) is 0 Å². The smallest absolute Gasteiger partial charge is 0.303 e. The van der Waals surface area contributed by atoms with Gasteiger partial charge in [0.05, 0.1) is 12.2 Å². The molecule has 0 aliphatic carbocycles. The highest BCUT2D eigenvalue weighted by atomic mass is 16.6. The lowest BCUT2D eigenvalue weighted by atomic mass is 9.78. The van der Waals surface area contributed by atoms with E-state index in [2.05, 4.69) is 34.6 Å². The molecule has 2 unspecified atom stereocenters. The Labute approximate surface area is 105 Å². The van der Waals surface area contributed by atoms with Gasteiger partial charge in [-0.3, -0.25) is 4.79 Å². The van der Waals surface area contributed by atoms with Crippen molar-refractivity contribution in [3.05, 3.63) is 0 Å². The molecule has 0 aromatic rings. The van der Waals surface area contributed by atoms with Gasteiger partial charge in [0, 0.05) is 12.8 Å². The number of hydrogen-bond donors (Lipinski definition) is 0. The highest BCUT2D eigenvalue weighted by molar-refractivity contribution is 5.66. The second-order valence-electron chi connectivity index (χ2n) is 5.58. The molecule has 0 aromatic heterocycles. The van der Waals surface area contributed by atoms with Gasteiger partial charge >= 0.3 is 5.97 Å².